The molecule has 3 rings (SSSR count). The number of nitrogens with one attached hydrogen (secondary N) is 1. The van der Waals surface area contributed by atoms with Crippen LogP contribution in [0.2, 0.25) is 0 Å². The first-order valence-corrected chi connectivity index (χ1v) is 9.49. The summed E-state index contributed by atoms with van der Waals surface area (Å²) in [4.78, 5) is 0. The molecule has 2 aromatic carbocycles. The van der Waals surface area contributed by atoms with Crippen molar-refractivity contribution < 1.29 is 8.42 Å². The lowest BCUT2D eigenvalue weighted by atomic mass is 10.1. The Morgan fingerprint density at radius 3 is 2.44 bits per heavy atom. The predicted molar refractivity (Wildman–Crippen MR) is 99.7 cm³/mol. The minimum atomic E-state index is -3.44. The molecule has 1 aromatic heterocycles. The number of sulfonamides is 1. The molecule has 0 saturated heterocycles. The van der Waals surface area contributed by atoms with Gasteiger partial charge in [-0.25, -0.2) is 17.8 Å². The maximum absolute atomic E-state index is 12.0. The van der Waals surface area contributed by atoms with E-state index in [1.54, 1.807) is 17.0 Å². The molecule has 0 saturated carbocycles. The Bertz CT molecular complexity index is 917. The van der Waals surface area contributed by atoms with Crippen LogP contribution >= 0.6 is 0 Å². The first-order chi connectivity index (χ1) is 12.1. The Balaban J connectivity index is 1.52. The van der Waals surface area contributed by atoms with Gasteiger partial charge in [-0.2, -0.15) is 5.10 Å². The largest absolute Gasteiger partial charge is 0.241 e. The number of hydrogen-bond donors (Lipinski definition) is 1. The first kappa shape index (κ1) is 17.1. The molecule has 0 bridgehead atoms. The quantitative estimate of drug-likeness (QED) is 0.710. The molecule has 0 aliphatic rings. The molecule has 0 atom stereocenters. The van der Waals surface area contributed by atoms with Gasteiger partial charge in [-0.15, -0.1) is 0 Å². The molecule has 0 amide bonds. The maximum atomic E-state index is 12.0. The number of hydrogen-bond acceptors (Lipinski definition) is 3. The maximum Gasteiger partial charge on any atom is 0.233 e. The van der Waals surface area contributed by atoms with Gasteiger partial charge >= 0.3 is 0 Å². The van der Waals surface area contributed by atoms with E-state index in [1.165, 1.54) is 5.41 Å². The second-order valence-electron chi connectivity index (χ2n) is 5.52. The molecule has 1 N–H and O–H groups in total. The second kappa shape index (κ2) is 7.92. The predicted octanol–water partition coefficient (Wildman–Crippen LogP) is 3.01. The topological polar surface area (TPSA) is 64.0 Å². The SMILES string of the molecule is O=S(=O)(/C=C/c1ccccc1)NCCc1ccc(-n2cccn2)cc1. The van der Waals surface area contributed by atoms with Crippen LogP contribution in [0, 0.1) is 0 Å². The Morgan fingerprint density at radius 2 is 1.76 bits per heavy atom. The Kier molecular flexibility index (Phi) is 5.42. The number of nitrogens with zero attached hydrogens (tertiary/aromatic N) is 2. The number of aromatic nitrogens is 2. The van der Waals surface area contributed by atoms with Crippen LogP contribution in [0.5, 0.6) is 0 Å². The van der Waals surface area contributed by atoms with Gasteiger partial charge in [-0.1, -0.05) is 42.5 Å². The zero-order valence-corrected chi connectivity index (χ0v) is 14.4. The molecule has 6 heteroatoms. The highest BCUT2D eigenvalue weighted by atomic mass is 32.2. The molecule has 0 unspecified atom stereocenters. The zero-order valence-electron chi connectivity index (χ0n) is 13.6. The van der Waals surface area contributed by atoms with Gasteiger partial charge in [-0.3, -0.25) is 0 Å². The van der Waals surface area contributed by atoms with Gasteiger partial charge in [0.25, 0.3) is 0 Å². The summed E-state index contributed by atoms with van der Waals surface area (Å²) >= 11 is 0. The lowest BCUT2D eigenvalue weighted by Crippen LogP contribution is -2.23. The third-order valence-electron chi connectivity index (χ3n) is 3.66. The van der Waals surface area contributed by atoms with Crippen LogP contribution in [-0.2, 0) is 16.4 Å². The molecule has 3 aromatic rings. The van der Waals surface area contributed by atoms with Crippen molar-refractivity contribution >= 4 is 16.1 Å². The molecular weight excluding hydrogens is 334 g/mol. The van der Waals surface area contributed by atoms with Gasteiger partial charge in [0.2, 0.25) is 10.0 Å². The molecule has 1 heterocycles. The lowest BCUT2D eigenvalue weighted by Gasteiger charge is -2.05. The summed E-state index contributed by atoms with van der Waals surface area (Å²) in [6.45, 7) is 0.350. The lowest BCUT2D eigenvalue weighted by molar-refractivity contribution is 0.591. The van der Waals surface area contributed by atoms with E-state index in [1.807, 2.05) is 66.9 Å². The molecule has 0 radical (unpaired) electrons. The Hall–Kier alpha value is -2.70. The summed E-state index contributed by atoms with van der Waals surface area (Å²) in [5.74, 6) is 0. The average Bonchev–Trinajstić information content (AvgIpc) is 3.16. The summed E-state index contributed by atoms with van der Waals surface area (Å²) in [6.07, 6.45) is 5.81. The summed E-state index contributed by atoms with van der Waals surface area (Å²) in [5, 5.41) is 5.37. The summed E-state index contributed by atoms with van der Waals surface area (Å²) < 4.78 is 28.4. The first-order valence-electron chi connectivity index (χ1n) is 7.94. The van der Waals surface area contributed by atoms with E-state index in [0.717, 1.165) is 16.8 Å². The van der Waals surface area contributed by atoms with Crippen LogP contribution in [0.1, 0.15) is 11.1 Å². The van der Waals surface area contributed by atoms with Gasteiger partial charge in [0.05, 0.1) is 5.69 Å². The zero-order chi connectivity index (χ0) is 17.5. The van der Waals surface area contributed by atoms with E-state index < -0.39 is 10.0 Å². The van der Waals surface area contributed by atoms with Crippen molar-refractivity contribution in [2.24, 2.45) is 0 Å². The van der Waals surface area contributed by atoms with Crippen molar-refractivity contribution in [1.29, 1.82) is 0 Å². The molecule has 0 aliphatic carbocycles. The fourth-order valence-electron chi connectivity index (χ4n) is 2.35. The van der Waals surface area contributed by atoms with E-state index in [0.29, 0.717) is 13.0 Å². The van der Waals surface area contributed by atoms with Gasteiger partial charge in [-0.05, 0) is 41.8 Å². The summed E-state index contributed by atoms with van der Waals surface area (Å²) in [6, 6.07) is 19.1. The highest BCUT2D eigenvalue weighted by Crippen LogP contribution is 2.09. The normalized spacial score (nSPS) is 11.8. The third-order valence-corrected chi connectivity index (χ3v) is 4.76. The van der Waals surface area contributed by atoms with Crippen LogP contribution < -0.4 is 4.72 Å². The van der Waals surface area contributed by atoms with Crippen molar-refractivity contribution in [2.45, 2.75) is 6.42 Å². The van der Waals surface area contributed by atoms with Crippen LogP contribution in [0.15, 0.2) is 78.5 Å². The summed E-state index contributed by atoms with van der Waals surface area (Å²) in [7, 11) is -3.44. The molecule has 5 nitrogen and oxygen atoms in total. The van der Waals surface area contributed by atoms with Crippen molar-refractivity contribution in [2.75, 3.05) is 6.54 Å². The van der Waals surface area contributed by atoms with Crippen molar-refractivity contribution in [3.8, 4) is 5.69 Å². The molecule has 0 spiro atoms. The van der Waals surface area contributed by atoms with Gasteiger partial charge in [0.15, 0.2) is 0 Å². The number of benzene rings is 2. The summed E-state index contributed by atoms with van der Waals surface area (Å²) in [5.41, 5.74) is 2.88. The van der Waals surface area contributed by atoms with Crippen LogP contribution in [0.25, 0.3) is 11.8 Å². The standard InChI is InChI=1S/C19H19N3O2S/c23-25(24,16-12-17-5-2-1-3-6-17)21-14-11-18-7-9-19(10-8-18)22-15-4-13-20-22/h1-10,12-13,15-16,21H,11,14H2/b16-12+. The van der Waals surface area contributed by atoms with E-state index in [-0.39, 0.29) is 0 Å². The average molecular weight is 353 g/mol. The highest BCUT2D eigenvalue weighted by molar-refractivity contribution is 7.92. The van der Waals surface area contributed by atoms with E-state index >= 15 is 0 Å². The van der Waals surface area contributed by atoms with Crippen LogP contribution in [0.3, 0.4) is 0 Å². The minimum absolute atomic E-state index is 0.350. The van der Waals surface area contributed by atoms with Crippen molar-refractivity contribution in [1.82, 2.24) is 14.5 Å². The Morgan fingerprint density at radius 1 is 1.00 bits per heavy atom. The number of rotatable bonds is 7. The van der Waals surface area contributed by atoms with Crippen LogP contribution in [-0.4, -0.2) is 24.7 Å². The fourth-order valence-corrected chi connectivity index (χ4v) is 3.17. The molecular formula is C19H19N3O2S. The van der Waals surface area contributed by atoms with Crippen molar-refractivity contribution in [3.63, 3.8) is 0 Å². The van der Waals surface area contributed by atoms with Crippen LogP contribution in [0.4, 0.5) is 0 Å². The molecule has 0 aliphatic heterocycles. The van der Waals surface area contributed by atoms with Gasteiger partial charge < -0.3 is 0 Å². The van der Waals surface area contributed by atoms with Crippen molar-refractivity contribution in [3.05, 3.63) is 89.6 Å². The van der Waals surface area contributed by atoms with Gasteiger partial charge in [0.1, 0.15) is 0 Å². The van der Waals surface area contributed by atoms with E-state index in [9.17, 15) is 8.42 Å². The van der Waals surface area contributed by atoms with E-state index in [4.69, 9.17) is 0 Å². The third kappa shape index (κ3) is 5.14. The van der Waals surface area contributed by atoms with Gasteiger partial charge in [0, 0.05) is 24.3 Å². The smallest absolute Gasteiger partial charge is 0.233 e. The second-order valence-corrected chi connectivity index (χ2v) is 7.17. The Labute approximate surface area is 147 Å². The van der Waals surface area contributed by atoms with E-state index in [2.05, 4.69) is 9.82 Å². The molecule has 25 heavy (non-hydrogen) atoms. The molecule has 128 valence electrons. The monoisotopic (exact) mass is 353 g/mol. The molecule has 0 fully saturated rings. The highest BCUT2D eigenvalue weighted by Gasteiger charge is 2.04. The minimum Gasteiger partial charge on any atom is -0.241 e. The fraction of sp³-hybridized carbons (Fsp3) is 0.105.